The third kappa shape index (κ3) is 2.29. The molecule has 0 aromatic rings. The molecular weight excluding hydrogens is 186 g/mol. The van der Waals surface area contributed by atoms with Gasteiger partial charge in [0, 0.05) is 12.2 Å². The monoisotopic (exact) mass is 195 g/mol. The molecule has 14 heavy (non-hydrogen) atoms. The van der Waals surface area contributed by atoms with Crippen LogP contribution in [0.15, 0.2) is 24.3 Å². The first-order valence-electron chi connectivity index (χ1n) is 3.92. The highest BCUT2D eigenvalue weighted by molar-refractivity contribution is 6.13. The molecule has 0 saturated carbocycles. The molecule has 5 nitrogen and oxygen atoms in total. The van der Waals surface area contributed by atoms with Crippen molar-refractivity contribution in [3.05, 3.63) is 24.3 Å². The normalized spacial score (nSPS) is 15.0. The van der Waals surface area contributed by atoms with Crippen molar-refractivity contribution in [2.24, 2.45) is 0 Å². The molecule has 0 unspecified atom stereocenters. The third-order valence-electron chi connectivity index (χ3n) is 1.68. The van der Waals surface area contributed by atoms with Crippen LogP contribution >= 0.6 is 0 Å². The molecular formula is C9H9NO4. The van der Waals surface area contributed by atoms with Crippen molar-refractivity contribution in [3.63, 3.8) is 0 Å². The SMILES string of the molecule is C=C(CC(=O)O)CN1C(=O)C=CC1=O. The predicted molar refractivity (Wildman–Crippen MR) is 47.3 cm³/mol. The molecule has 1 heterocycles. The van der Waals surface area contributed by atoms with Crippen molar-refractivity contribution in [1.29, 1.82) is 0 Å². The zero-order valence-corrected chi connectivity index (χ0v) is 7.40. The van der Waals surface area contributed by atoms with Crippen molar-refractivity contribution < 1.29 is 19.5 Å². The number of carboxylic acid groups (broad SMARTS) is 1. The van der Waals surface area contributed by atoms with E-state index in [9.17, 15) is 14.4 Å². The van der Waals surface area contributed by atoms with E-state index in [2.05, 4.69) is 6.58 Å². The van der Waals surface area contributed by atoms with Crippen LogP contribution in [0.4, 0.5) is 0 Å². The highest BCUT2D eigenvalue weighted by Gasteiger charge is 2.23. The standard InChI is InChI=1S/C9H9NO4/c1-6(4-9(13)14)5-10-7(11)2-3-8(10)12/h2-3H,1,4-5H2,(H,13,14). The van der Waals surface area contributed by atoms with Gasteiger partial charge in [-0.25, -0.2) is 0 Å². The summed E-state index contributed by atoms with van der Waals surface area (Å²) in [6, 6.07) is 0. The van der Waals surface area contributed by atoms with Crippen LogP contribution in [0.1, 0.15) is 6.42 Å². The predicted octanol–water partition coefficient (Wildman–Crippen LogP) is -0.0577. The average molecular weight is 195 g/mol. The fraction of sp³-hybridized carbons (Fsp3) is 0.222. The maximum Gasteiger partial charge on any atom is 0.307 e. The van der Waals surface area contributed by atoms with E-state index in [1.165, 1.54) is 0 Å². The summed E-state index contributed by atoms with van der Waals surface area (Å²) in [5, 5.41) is 8.42. The van der Waals surface area contributed by atoms with E-state index in [4.69, 9.17) is 5.11 Å². The van der Waals surface area contributed by atoms with Crippen molar-refractivity contribution in [3.8, 4) is 0 Å². The zero-order chi connectivity index (χ0) is 10.7. The number of nitrogens with zero attached hydrogens (tertiary/aromatic N) is 1. The van der Waals surface area contributed by atoms with Gasteiger partial charge in [0.1, 0.15) is 0 Å². The molecule has 5 heteroatoms. The molecule has 0 spiro atoms. The highest BCUT2D eigenvalue weighted by atomic mass is 16.4. The first-order chi connectivity index (χ1) is 6.50. The summed E-state index contributed by atoms with van der Waals surface area (Å²) >= 11 is 0. The lowest BCUT2D eigenvalue weighted by Gasteiger charge is -2.14. The molecule has 0 aromatic heterocycles. The first kappa shape index (κ1) is 10.2. The van der Waals surface area contributed by atoms with Crippen LogP contribution < -0.4 is 0 Å². The molecule has 0 atom stereocenters. The Labute approximate surface area is 80.3 Å². The van der Waals surface area contributed by atoms with E-state index in [-0.39, 0.29) is 13.0 Å². The van der Waals surface area contributed by atoms with Gasteiger partial charge in [0.15, 0.2) is 0 Å². The summed E-state index contributed by atoms with van der Waals surface area (Å²) in [5.74, 6) is -1.88. The number of hydrogen-bond donors (Lipinski definition) is 1. The molecule has 1 aliphatic rings. The highest BCUT2D eigenvalue weighted by Crippen LogP contribution is 2.08. The van der Waals surface area contributed by atoms with Gasteiger partial charge in [-0.2, -0.15) is 0 Å². The largest absolute Gasteiger partial charge is 0.481 e. The maximum atomic E-state index is 11.0. The molecule has 1 N–H and O–H groups in total. The minimum atomic E-state index is -1.03. The number of carboxylic acids is 1. The topological polar surface area (TPSA) is 74.7 Å². The molecule has 2 amide bonds. The van der Waals surface area contributed by atoms with Gasteiger partial charge in [-0.15, -0.1) is 0 Å². The third-order valence-corrected chi connectivity index (χ3v) is 1.68. The number of carbonyl (C=O) groups is 3. The van der Waals surface area contributed by atoms with Crippen LogP contribution in [0.25, 0.3) is 0 Å². The summed E-state index contributed by atoms with van der Waals surface area (Å²) in [7, 11) is 0. The van der Waals surface area contributed by atoms with E-state index >= 15 is 0 Å². The van der Waals surface area contributed by atoms with E-state index < -0.39 is 17.8 Å². The molecule has 0 bridgehead atoms. The van der Waals surface area contributed by atoms with Gasteiger partial charge in [0.2, 0.25) is 0 Å². The smallest absolute Gasteiger partial charge is 0.307 e. The Morgan fingerprint density at radius 3 is 2.29 bits per heavy atom. The summed E-state index contributed by atoms with van der Waals surface area (Å²) in [6.45, 7) is 3.44. The van der Waals surface area contributed by atoms with Crippen molar-refractivity contribution in [1.82, 2.24) is 4.90 Å². The Morgan fingerprint density at radius 2 is 1.86 bits per heavy atom. The molecule has 0 aliphatic carbocycles. The first-order valence-corrected chi connectivity index (χ1v) is 3.92. The lowest BCUT2D eigenvalue weighted by Crippen LogP contribution is -2.32. The Hall–Kier alpha value is -1.91. The minimum absolute atomic E-state index is 0.0308. The van der Waals surface area contributed by atoms with E-state index in [1.54, 1.807) is 0 Å². The van der Waals surface area contributed by atoms with Gasteiger partial charge in [-0.1, -0.05) is 6.58 Å². The van der Waals surface area contributed by atoms with Crippen LogP contribution in [0, 0.1) is 0 Å². The second-order valence-electron chi connectivity index (χ2n) is 2.92. The van der Waals surface area contributed by atoms with Gasteiger partial charge in [-0.3, -0.25) is 19.3 Å². The van der Waals surface area contributed by atoms with Gasteiger partial charge in [0.05, 0.1) is 13.0 Å². The lowest BCUT2D eigenvalue weighted by molar-refractivity contribution is -0.138. The van der Waals surface area contributed by atoms with E-state index in [0.29, 0.717) is 5.57 Å². The van der Waals surface area contributed by atoms with Gasteiger partial charge >= 0.3 is 5.97 Å². The fourth-order valence-electron chi connectivity index (χ4n) is 1.08. The van der Waals surface area contributed by atoms with Crippen LogP contribution in [0.5, 0.6) is 0 Å². The maximum absolute atomic E-state index is 11.0. The number of amides is 2. The second-order valence-corrected chi connectivity index (χ2v) is 2.92. The van der Waals surface area contributed by atoms with Crippen molar-refractivity contribution in [2.75, 3.05) is 6.54 Å². The Bertz CT molecular complexity index is 325. The molecule has 1 rings (SSSR count). The van der Waals surface area contributed by atoms with Gasteiger partial charge in [0.25, 0.3) is 11.8 Å². The number of hydrogen-bond acceptors (Lipinski definition) is 3. The Kier molecular flexibility index (Phi) is 2.81. The van der Waals surface area contributed by atoms with Crippen molar-refractivity contribution in [2.45, 2.75) is 6.42 Å². The number of imide groups is 1. The quantitative estimate of drug-likeness (QED) is 0.503. The summed E-state index contributed by atoms with van der Waals surface area (Å²) in [5.41, 5.74) is 0.322. The van der Waals surface area contributed by atoms with Gasteiger partial charge < -0.3 is 5.11 Å². The average Bonchev–Trinajstić information content (AvgIpc) is 2.34. The van der Waals surface area contributed by atoms with Crippen LogP contribution in [-0.2, 0) is 14.4 Å². The van der Waals surface area contributed by atoms with Crippen LogP contribution in [0.3, 0.4) is 0 Å². The van der Waals surface area contributed by atoms with Crippen molar-refractivity contribution >= 4 is 17.8 Å². The summed E-state index contributed by atoms with van der Waals surface area (Å²) in [6.07, 6.45) is 2.06. The lowest BCUT2D eigenvalue weighted by atomic mass is 10.2. The fourth-order valence-corrected chi connectivity index (χ4v) is 1.08. The summed E-state index contributed by atoms with van der Waals surface area (Å²) in [4.78, 5) is 33.3. The molecule has 74 valence electrons. The summed E-state index contributed by atoms with van der Waals surface area (Å²) < 4.78 is 0. The van der Waals surface area contributed by atoms with Crippen LogP contribution in [-0.4, -0.2) is 34.3 Å². The number of rotatable bonds is 4. The van der Waals surface area contributed by atoms with E-state index in [0.717, 1.165) is 17.1 Å². The van der Waals surface area contributed by atoms with Gasteiger partial charge in [-0.05, 0) is 5.57 Å². The number of aliphatic carboxylic acids is 1. The number of carbonyl (C=O) groups excluding carboxylic acids is 2. The zero-order valence-electron chi connectivity index (χ0n) is 7.40. The molecule has 0 fully saturated rings. The Morgan fingerprint density at radius 1 is 1.36 bits per heavy atom. The molecule has 0 saturated heterocycles. The minimum Gasteiger partial charge on any atom is -0.481 e. The second kappa shape index (κ2) is 3.87. The Balaban J connectivity index is 2.53. The van der Waals surface area contributed by atoms with Crippen LogP contribution in [0.2, 0.25) is 0 Å². The molecule has 0 aromatic carbocycles. The molecule has 0 radical (unpaired) electrons. The van der Waals surface area contributed by atoms with E-state index in [1.807, 2.05) is 0 Å². The molecule has 1 aliphatic heterocycles.